The number of benzene rings is 1. The SMILES string of the molecule is CCc1ccccc1OCC(=O)N(CC(=O)N(C)C)CC(F)(F)F. The summed E-state index contributed by atoms with van der Waals surface area (Å²) < 4.78 is 43.3. The first-order valence-electron chi connectivity index (χ1n) is 7.39. The van der Waals surface area contributed by atoms with Crippen molar-refractivity contribution in [2.45, 2.75) is 19.5 Å². The summed E-state index contributed by atoms with van der Waals surface area (Å²) in [5, 5.41) is 0. The minimum atomic E-state index is -4.59. The Hall–Kier alpha value is -2.25. The number of para-hydroxylation sites is 1. The van der Waals surface area contributed by atoms with Crippen LogP contribution in [0, 0.1) is 0 Å². The predicted molar refractivity (Wildman–Crippen MR) is 82.6 cm³/mol. The molecule has 0 aliphatic heterocycles. The van der Waals surface area contributed by atoms with Crippen LogP contribution in [0.15, 0.2) is 24.3 Å². The second-order valence-corrected chi connectivity index (χ2v) is 5.40. The van der Waals surface area contributed by atoms with E-state index >= 15 is 0 Å². The summed E-state index contributed by atoms with van der Waals surface area (Å²) >= 11 is 0. The van der Waals surface area contributed by atoms with Crippen LogP contribution in [-0.2, 0) is 16.0 Å². The van der Waals surface area contributed by atoms with Crippen molar-refractivity contribution in [2.24, 2.45) is 0 Å². The highest BCUT2D eigenvalue weighted by Crippen LogP contribution is 2.19. The molecule has 0 N–H and O–H groups in total. The number of carbonyl (C=O) groups excluding carboxylic acids is 2. The summed E-state index contributed by atoms with van der Waals surface area (Å²) in [5.74, 6) is -1.05. The number of aryl methyl sites for hydroxylation is 1. The van der Waals surface area contributed by atoms with Crippen molar-refractivity contribution in [3.05, 3.63) is 29.8 Å². The molecule has 8 heteroatoms. The molecule has 0 saturated heterocycles. The Morgan fingerprint density at radius 3 is 2.29 bits per heavy atom. The molecule has 0 heterocycles. The van der Waals surface area contributed by atoms with Crippen LogP contribution in [0.2, 0.25) is 0 Å². The highest BCUT2D eigenvalue weighted by molar-refractivity contribution is 5.85. The minimum absolute atomic E-state index is 0.444. The number of nitrogens with zero attached hydrogens (tertiary/aromatic N) is 2. The lowest BCUT2D eigenvalue weighted by molar-refractivity contribution is -0.165. The van der Waals surface area contributed by atoms with Gasteiger partial charge in [-0.1, -0.05) is 25.1 Å². The van der Waals surface area contributed by atoms with Crippen molar-refractivity contribution in [2.75, 3.05) is 33.8 Å². The van der Waals surface area contributed by atoms with Gasteiger partial charge in [0.05, 0.1) is 0 Å². The van der Waals surface area contributed by atoms with Crippen LogP contribution in [-0.4, -0.2) is 61.6 Å². The third kappa shape index (κ3) is 6.47. The third-order valence-corrected chi connectivity index (χ3v) is 3.25. The molecule has 0 atom stereocenters. The first-order chi connectivity index (χ1) is 11.1. The molecule has 0 aliphatic rings. The van der Waals surface area contributed by atoms with Crippen molar-refractivity contribution in [3.63, 3.8) is 0 Å². The second-order valence-electron chi connectivity index (χ2n) is 5.40. The Morgan fingerprint density at radius 2 is 1.75 bits per heavy atom. The summed E-state index contributed by atoms with van der Waals surface area (Å²) in [6.07, 6.45) is -3.93. The topological polar surface area (TPSA) is 49.9 Å². The molecule has 0 bridgehead atoms. The molecule has 0 spiro atoms. The average Bonchev–Trinajstić information content (AvgIpc) is 2.50. The average molecular weight is 346 g/mol. The quantitative estimate of drug-likeness (QED) is 0.760. The van der Waals surface area contributed by atoms with Crippen LogP contribution in [0.5, 0.6) is 5.75 Å². The zero-order valence-corrected chi connectivity index (χ0v) is 13.9. The molecule has 1 aromatic carbocycles. The summed E-state index contributed by atoms with van der Waals surface area (Å²) in [6.45, 7) is -0.808. The first kappa shape index (κ1) is 19.8. The van der Waals surface area contributed by atoms with Gasteiger partial charge in [0.1, 0.15) is 18.8 Å². The lowest BCUT2D eigenvalue weighted by atomic mass is 10.1. The van der Waals surface area contributed by atoms with Gasteiger partial charge in [-0.3, -0.25) is 9.59 Å². The maximum Gasteiger partial charge on any atom is 0.406 e. The van der Waals surface area contributed by atoms with Crippen LogP contribution in [0.3, 0.4) is 0 Å². The highest BCUT2D eigenvalue weighted by Gasteiger charge is 2.34. The Morgan fingerprint density at radius 1 is 1.12 bits per heavy atom. The number of ether oxygens (including phenoxy) is 1. The molecule has 24 heavy (non-hydrogen) atoms. The van der Waals surface area contributed by atoms with Gasteiger partial charge in [0.25, 0.3) is 5.91 Å². The number of amides is 2. The monoisotopic (exact) mass is 346 g/mol. The highest BCUT2D eigenvalue weighted by atomic mass is 19.4. The normalized spacial score (nSPS) is 11.1. The van der Waals surface area contributed by atoms with Crippen LogP contribution in [0.25, 0.3) is 0 Å². The standard InChI is InChI=1S/C16H21F3N2O3/c1-4-12-7-5-6-8-13(12)24-10-15(23)21(11-16(17,18)19)9-14(22)20(2)3/h5-8H,4,9-11H2,1-3H3. The summed E-state index contributed by atoms with van der Waals surface area (Å²) in [5.41, 5.74) is 0.844. The van der Waals surface area contributed by atoms with Crippen LogP contribution in [0.1, 0.15) is 12.5 Å². The van der Waals surface area contributed by atoms with E-state index in [9.17, 15) is 22.8 Å². The van der Waals surface area contributed by atoms with Gasteiger partial charge in [-0.2, -0.15) is 13.2 Å². The molecule has 0 fully saturated rings. The van der Waals surface area contributed by atoms with E-state index in [1.165, 1.54) is 14.1 Å². The van der Waals surface area contributed by atoms with Gasteiger partial charge in [-0.15, -0.1) is 0 Å². The fourth-order valence-electron chi connectivity index (χ4n) is 1.92. The lowest BCUT2D eigenvalue weighted by Crippen LogP contribution is -2.46. The maximum atomic E-state index is 12.6. The number of rotatable bonds is 7. The molecule has 2 amide bonds. The van der Waals surface area contributed by atoms with Crippen molar-refractivity contribution >= 4 is 11.8 Å². The third-order valence-electron chi connectivity index (χ3n) is 3.25. The molecule has 134 valence electrons. The molecule has 0 aliphatic carbocycles. The maximum absolute atomic E-state index is 12.6. The molecule has 0 radical (unpaired) electrons. The molecule has 0 unspecified atom stereocenters. The van der Waals surface area contributed by atoms with E-state index in [0.717, 1.165) is 10.5 Å². The van der Waals surface area contributed by atoms with Gasteiger partial charge in [-0.05, 0) is 18.1 Å². The van der Waals surface area contributed by atoms with Crippen molar-refractivity contribution < 1.29 is 27.5 Å². The molecule has 1 aromatic rings. The van der Waals surface area contributed by atoms with E-state index in [4.69, 9.17) is 4.74 Å². The number of likely N-dealkylation sites (N-methyl/N-ethyl adjacent to an activating group) is 1. The Balaban J connectivity index is 2.78. The van der Waals surface area contributed by atoms with Crippen molar-refractivity contribution in [3.8, 4) is 5.75 Å². The van der Waals surface area contributed by atoms with E-state index in [1.54, 1.807) is 18.2 Å². The molecule has 0 aromatic heterocycles. The lowest BCUT2D eigenvalue weighted by Gasteiger charge is -2.25. The molecular weight excluding hydrogens is 325 g/mol. The van der Waals surface area contributed by atoms with Crippen LogP contribution < -0.4 is 4.74 Å². The summed E-state index contributed by atoms with van der Waals surface area (Å²) in [4.78, 5) is 25.3. The van der Waals surface area contributed by atoms with Gasteiger partial charge in [0.2, 0.25) is 5.91 Å². The zero-order chi connectivity index (χ0) is 18.3. The Kier molecular flexibility index (Phi) is 7.06. The van der Waals surface area contributed by atoms with E-state index in [2.05, 4.69) is 0 Å². The Bertz CT molecular complexity index is 574. The van der Waals surface area contributed by atoms with Crippen molar-refractivity contribution in [1.29, 1.82) is 0 Å². The van der Waals surface area contributed by atoms with E-state index in [-0.39, 0.29) is 0 Å². The smallest absolute Gasteiger partial charge is 0.406 e. The molecule has 1 rings (SSSR count). The first-order valence-corrected chi connectivity index (χ1v) is 7.39. The van der Waals surface area contributed by atoms with Crippen LogP contribution >= 0.6 is 0 Å². The minimum Gasteiger partial charge on any atom is -0.483 e. The number of halogens is 3. The van der Waals surface area contributed by atoms with Crippen LogP contribution in [0.4, 0.5) is 13.2 Å². The van der Waals surface area contributed by atoms with Crippen molar-refractivity contribution in [1.82, 2.24) is 9.80 Å². The van der Waals surface area contributed by atoms with E-state index < -0.39 is 37.7 Å². The van der Waals surface area contributed by atoms with Gasteiger partial charge >= 0.3 is 6.18 Å². The van der Waals surface area contributed by atoms with Gasteiger partial charge < -0.3 is 14.5 Å². The number of alkyl halides is 3. The largest absolute Gasteiger partial charge is 0.483 e. The molecule has 5 nitrogen and oxygen atoms in total. The fourth-order valence-corrected chi connectivity index (χ4v) is 1.92. The second kappa shape index (κ2) is 8.56. The van der Waals surface area contributed by atoms with Gasteiger partial charge in [0, 0.05) is 14.1 Å². The fraction of sp³-hybridized carbons (Fsp3) is 0.500. The van der Waals surface area contributed by atoms with Gasteiger partial charge in [0.15, 0.2) is 6.61 Å². The Labute approximate surface area is 139 Å². The predicted octanol–water partition coefficient (Wildman–Crippen LogP) is 2.11. The number of hydrogen-bond acceptors (Lipinski definition) is 3. The van der Waals surface area contributed by atoms with E-state index in [0.29, 0.717) is 17.1 Å². The molecular formula is C16H21F3N2O3. The zero-order valence-electron chi connectivity index (χ0n) is 13.9. The van der Waals surface area contributed by atoms with E-state index in [1.807, 2.05) is 13.0 Å². The molecule has 0 saturated carbocycles. The number of hydrogen-bond donors (Lipinski definition) is 0. The number of carbonyl (C=O) groups is 2. The summed E-state index contributed by atoms with van der Waals surface area (Å²) in [6, 6.07) is 6.97. The summed E-state index contributed by atoms with van der Waals surface area (Å²) in [7, 11) is 2.82. The van der Waals surface area contributed by atoms with Gasteiger partial charge in [-0.25, -0.2) is 0 Å².